The lowest BCUT2D eigenvalue weighted by atomic mass is 9.83. The van der Waals surface area contributed by atoms with Gasteiger partial charge in [-0.25, -0.2) is 4.79 Å². The topological polar surface area (TPSA) is 75.6 Å². The molecule has 2 aliphatic rings. The number of amides is 1. The Labute approximate surface area is 168 Å². The number of hydrogen-bond donors (Lipinski definition) is 0. The molecule has 0 aliphatic carbocycles. The van der Waals surface area contributed by atoms with Gasteiger partial charge in [-0.2, -0.15) is 0 Å². The number of nitrogens with zero attached hydrogens (tertiary/aromatic N) is 4. The van der Waals surface area contributed by atoms with Crippen LogP contribution < -0.4 is 0 Å². The molecule has 1 amide bonds. The fourth-order valence-electron chi connectivity index (χ4n) is 4.40. The van der Waals surface area contributed by atoms with E-state index in [1.165, 1.54) is 24.2 Å². The Morgan fingerprint density at radius 1 is 1.21 bits per heavy atom. The van der Waals surface area contributed by atoms with Gasteiger partial charge in [0, 0.05) is 37.6 Å². The van der Waals surface area contributed by atoms with Gasteiger partial charge < -0.3 is 9.64 Å². The largest absolute Gasteiger partial charge is 0.465 e. The first-order valence-electron chi connectivity index (χ1n) is 9.63. The Kier molecular flexibility index (Phi) is 5.68. The summed E-state index contributed by atoms with van der Waals surface area (Å²) >= 11 is 1.22. The van der Waals surface area contributed by atoms with Crippen LogP contribution in [0.4, 0.5) is 0 Å². The molecule has 1 aromatic heterocycles. The summed E-state index contributed by atoms with van der Waals surface area (Å²) in [5.74, 6) is 0.206. The SMILES string of the molecule is COC(=O)c1ccc(CN2CC[C@H]3[C@H](CCCN3C(=O)c3csnn3)C2)cc1. The van der Waals surface area contributed by atoms with Gasteiger partial charge in [0.25, 0.3) is 5.91 Å². The summed E-state index contributed by atoms with van der Waals surface area (Å²) in [5.41, 5.74) is 2.23. The summed E-state index contributed by atoms with van der Waals surface area (Å²) in [4.78, 5) is 28.8. The lowest BCUT2D eigenvalue weighted by Crippen LogP contribution is -2.55. The maximum Gasteiger partial charge on any atom is 0.337 e. The van der Waals surface area contributed by atoms with Crippen LogP contribution in [-0.2, 0) is 11.3 Å². The molecule has 2 aliphatic heterocycles. The summed E-state index contributed by atoms with van der Waals surface area (Å²) < 4.78 is 8.58. The molecule has 2 saturated heterocycles. The van der Waals surface area contributed by atoms with Gasteiger partial charge in [0.15, 0.2) is 5.69 Å². The number of methoxy groups -OCH3 is 1. The molecular weight excluding hydrogens is 376 g/mol. The van der Waals surface area contributed by atoms with Crippen LogP contribution in [0.15, 0.2) is 29.6 Å². The first-order valence-corrected chi connectivity index (χ1v) is 10.5. The molecule has 7 nitrogen and oxygen atoms in total. The highest BCUT2D eigenvalue weighted by molar-refractivity contribution is 7.03. The van der Waals surface area contributed by atoms with Gasteiger partial charge in [-0.05, 0) is 54.4 Å². The molecule has 0 unspecified atom stereocenters. The molecule has 2 aromatic rings. The number of ether oxygens (including phenoxy) is 1. The van der Waals surface area contributed by atoms with Crippen LogP contribution in [0, 0.1) is 5.92 Å². The Morgan fingerprint density at radius 3 is 2.75 bits per heavy atom. The van der Waals surface area contributed by atoms with E-state index in [9.17, 15) is 9.59 Å². The van der Waals surface area contributed by atoms with Crippen LogP contribution in [0.1, 0.15) is 45.7 Å². The minimum Gasteiger partial charge on any atom is -0.465 e. The average molecular weight is 401 g/mol. The van der Waals surface area contributed by atoms with Crippen molar-refractivity contribution in [3.63, 3.8) is 0 Å². The van der Waals surface area contributed by atoms with E-state index in [1.54, 1.807) is 5.38 Å². The second-order valence-corrected chi connectivity index (χ2v) is 8.08. The molecule has 148 valence electrons. The predicted molar refractivity (Wildman–Crippen MR) is 105 cm³/mol. The molecular formula is C20H24N4O3S. The van der Waals surface area contributed by atoms with E-state index in [4.69, 9.17) is 4.74 Å². The first kappa shape index (κ1) is 19.0. The van der Waals surface area contributed by atoms with Crippen molar-refractivity contribution in [2.45, 2.75) is 31.8 Å². The third kappa shape index (κ3) is 3.93. The minimum absolute atomic E-state index is 0.0234. The number of fused-ring (bicyclic) bond motifs is 1. The summed E-state index contributed by atoms with van der Waals surface area (Å²) in [6, 6.07) is 7.91. The number of esters is 1. The molecule has 0 spiro atoms. The fourth-order valence-corrected chi connectivity index (χ4v) is 4.83. The van der Waals surface area contributed by atoms with Gasteiger partial charge >= 0.3 is 5.97 Å². The third-order valence-electron chi connectivity index (χ3n) is 5.77. The summed E-state index contributed by atoms with van der Waals surface area (Å²) in [6.07, 6.45) is 3.17. The van der Waals surface area contributed by atoms with E-state index >= 15 is 0 Å². The van der Waals surface area contributed by atoms with E-state index in [0.29, 0.717) is 23.2 Å². The number of rotatable bonds is 4. The van der Waals surface area contributed by atoms with E-state index in [0.717, 1.165) is 45.4 Å². The zero-order valence-corrected chi connectivity index (χ0v) is 16.7. The second-order valence-electron chi connectivity index (χ2n) is 7.47. The van der Waals surface area contributed by atoms with Crippen LogP contribution in [-0.4, -0.2) is 64.0 Å². The van der Waals surface area contributed by atoms with Crippen LogP contribution in [0.2, 0.25) is 0 Å². The van der Waals surface area contributed by atoms with E-state index in [-0.39, 0.29) is 11.9 Å². The van der Waals surface area contributed by atoms with Crippen molar-refractivity contribution in [1.29, 1.82) is 0 Å². The minimum atomic E-state index is -0.311. The monoisotopic (exact) mass is 400 g/mol. The fraction of sp³-hybridized carbons (Fsp3) is 0.500. The van der Waals surface area contributed by atoms with Crippen LogP contribution >= 0.6 is 11.5 Å². The molecule has 0 radical (unpaired) electrons. The number of piperidine rings is 2. The smallest absolute Gasteiger partial charge is 0.337 e. The number of aromatic nitrogens is 2. The summed E-state index contributed by atoms with van der Waals surface area (Å²) in [6.45, 7) is 3.61. The summed E-state index contributed by atoms with van der Waals surface area (Å²) in [5, 5.41) is 5.69. The van der Waals surface area contributed by atoms with E-state index in [1.807, 2.05) is 29.2 Å². The molecule has 28 heavy (non-hydrogen) atoms. The zero-order chi connectivity index (χ0) is 19.5. The maximum atomic E-state index is 12.8. The Balaban J connectivity index is 1.38. The molecule has 0 bridgehead atoms. The molecule has 4 rings (SSSR count). The number of carbonyl (C=O) groups is 2. The molecule has 1 aromatic carbocycles. The van der Waals surface area contributed by atoms with Crippen molar-refractivity contribution >= 4 is 23.4 Å². The number of carbonyl (C=O) groups excluding carboxylic acids is 2. The lowest BCUT2D eigenvalue weighted by Gasteiger charge is -2.47. The lowest BCUT2D eigenvalue weighted by molar-refractivity contribution is 0.0180. The van der Waals surface area contributed by atoms with Gasteiger partial charge in [-0.15, -0.1) is 5.10 Å². The normalized spacial score (nSPS) is 22.5. The quantitative estimate of drug-likeness (QED) is 0.734. The van der Waals surface area contributed by atoms with Crippen LogP contribution in [0.25, 0.3) is 0 Å². The standard InChI is InChI=1S/C20H24N4O3S/c1-27-20(26)15-6-4-14(5-7-15)11-23-10-8-18-16(12-23)3-2-9-24(18)19(25)17-13-28-22-21-17/h4-7,13,16,18H,2-3,8-12H2,1H3/t16-,18+/m1/s1. The van der Waals surface area contributed by atoms with Gasteiger partial charge in [0.2, 0.25) is 0 Å². The van der Waals surface area contributed by atoms with Gasteiger partial charge in [0.05, 0.1) is 12.7 Å². The second kappa shape index (κ2) is 8.36. The Morgan fingerprint density at radius 2 is 2.04 bits per heavy atom. The molecule has 0 N–H and O–H groups in total. The van der Waals surface area contributed by atoms with E-state index < -0.39 is 0 Å². The van der Waals surface area contributed by atoms with Gasteiger partial charge in [0.1, 0.15) is 0 Å². The summed E-state index contributed by atoms with van der Waals surface area (Å²) in [7, 11) is 1.39. The highest BCUT2D eigenvalue weighted by atomic mass is 32.1. The molecule has 2 fully saturated rings. The highest BCUT2D eigenvalue weighted by Crippen LogP contribution is 2.32. The highest BCUT2D eigenvalue weighted by Gasteiger charge is 2.38. The first-order chi connectivity index (χ1) is 13.7. The predicted octanol–water partition coefficient (Wildman–Crippen LogP) is 2.45. The molecule has 2 atom stereocenters. The Hall–Kier alpha value is -2.32. The molecule has 3 heterocycles. The third-order valence-corrected chi connectivity index (χ3v) is 6.28. The van der Waals surface area contributed by atoms with Crippen LogP contribution in [0.5, 0.6) is 0 Å². The maximum absolute atomic E-state index is 12.8. The van der Waals surface area contributed by atoms with Crippen molar-refractivity contribution in [1.82, 2.24) is 19.4 Å². The number of benzene rings is 1. The average Bonchev–Trinajstić information content (AvgIpc) is 3.27. The van der Waals surface area contributed by atoms with Crippen molar-refractivity contribution in [3.8, 4) is 0 Å². The number of hydrogen-bond acceptors (Lipinski definition) is 7. The van der Waals surface area contributed by atoms with Gasteiger partial charge in [-0.1, -0.05) is 16.6 Å². The van der Waals surface area contributed by atoms with Crippen molar-refractivity contribution in [2.24, 2.45) is 5.92 Å². The van der Waals surface area contributed by atoms with Crippen molar-refractivity contribution in [3.05, 3.63) is 46.5 Å². The van der Waals surface area contributed by atoms with Gasteiger partial charge in [-0.3, -0.25) is 9.69 Å². The Bertz CT molecular complexity index is 824. The van der Waals surface area contributed by atoms with Crippen molar-refractivity contribution < 1.29 is 14.3 Å². The molecule has 8 heteroatoms. The zero-order valence-electron chi connectivity index (χ0n) is 15.9. The molecule has 0 saturated carbocycles. The van der Waals surface area contributed by atoms with Crippen LogP contribution in [0.3, 0.4) is 0 Å². The number of likely N-dealkylation sites (tertiary alicyclic amines) is 2. The van der Waals surface area contributed by atoms with Crippen molar-refractivity contribution in [2.75, 3.05) is 26.7 Å². The van der Waals surface area contributed by atoms with E-state index in [2.05, 4.69) is 14.5 Å².